The Kier molecular flexibility index (Phi) is 8.74. The number of nitrogens with zero attached hydrogens (tertiary/aromatic N) is 1. The van der Waals surface area contributed by atoms with Gasteiger partial charge in [0.15, 0.2) is 5.96 Å². The van der Waals surface area contributed by atoms with Crippen molar-refractivity contribution in [1.82, 2.24) is 5.32 Å². The lowest BCUT2D eigenvalue weighted by Gasteiger charge is -2.11. The molecule has 0 aliphatic rings. The molecule has 0 radical (unpaired) electrons. The fourth-order valence-corrected chi connectivity index (χ4v) is 1.76. The summed E-state index contributed by atoms with van der Waals surface area (Å²) in [6.07, 6.45) is 0.798. The number of rotatable bonds is 10. The van der Waals surface area contributed by atoms with E-state index < -0.39 is 6.61 Å². The Hall–Kier alpha value is -2.09. The van der Waals surface area contributed by atoms with Crippen molar-refractivity contribution in [3.63, 3.8) is 0 Å². The van der Waals surface area contributed by atoms with Crippen molar-refractivity contribution in [3.05, 3.63) is 23.8 Å². The molecule has 0 fully saturated rings. The average molecular weight is 331 g/mol. The number of hydrogen-bond donors (Lipinski definition) is 2. The fourth-order valence-electron chi connectivity index (χ4n) is 1.76. The quantitative estimate of drug-likeness (QED) is 0.390. The molecule has 1 aromatic rings. The Bertz CT molecular complexity index is 499. The van der Waals surface area contributed by atoms with Gasteiger partial charge in [0.05, 0.1) is 13.7 Å². The second kappa shape index (κ2) is 10.6. The topological polar surface area (TPSA) is 78.1 Å². The van der Waals surface area contributed by atoms with Crippen LogP contribution in [0.4, 0.5) is 8.78 Å². The van der Waals surface area contributed by atoms with Gasteiger partial charge in [-0.05, 0) is 25.5 Å². The molecule has 0 atom stereocenters. The zero-order chi connectivity index (χ0) is 17.1. The molecular weight excluding hydrogens is 308 g/mol. The summed E-state index contributed by atoms with van der Waals surface area (Å²) >= 11 is 0. The van der Waals surface area contributed by atoms with Crippen LogP contribution < -0.4 is 20.5 Å². The van der Waals surface area contributed by atoms with E-state index in [0.29, 0.717) is 31.1 Å². The van der Waals surface area contributed by atoms with Gasteiger partial charge in [0.25, 0.3) is 0 Å². The molecule has 0 unspecified atom stereocenters. The Balaban J connectivity index is 2.59. The summed E-state index contributed by atoms with van der Waals surface area (Å²) in [5, 5.41) is 2.93. The maximum Gasteiger partial charge on any atom is 0.387 e. The van der Waals surface area contributed by atoms with E-state index in [2.05, 4.69) is 15.0 Å². The lowest BCUT2D eigenvalue weighted by atomic mass is 10.2. The first-order chi connectivity index (χ1) is 11.1. The van der Waals surface area contributed by atoms with Crippen LogP contribution in [0.1, 0.15) is 18.9 Å². The number of alkyl halides is 2. The van der Waals surface area contributed by atoms with Gasteiger partial charge in [-0.15, -0.1) is 0 Å². The van der Waals surface area contributed by atoms with Crippen LogP contribution in [-0.4, -0.2) is 39.4 Å². The van der Waals surface area contributed by atoms with Crippen LogP contribution in [0.25, 0.3) is 0 Å². The minimum atomic E-state index is -2.92. The summed E-state index contributed by atoms with van der Waals surface area (Å²) in [7, 11) is 1.45. The largest absolute Gasteiger partial charge is 0.497 e. The molecule has 3 N–H and O–H groups in total. The van der Waals surface area contributed by atoms with Crippen LogP contribution in [0.3, 0.4) is 0 Å². The molecule has 0 amide bonds. The summed E-state index contributed by atoms with van der Waals surface area (Å²) < 4.78 is 39.6. The maximum atomic E-state index is 12.5. The zero-order valence-corrected chi connectivity index (χ0v) is 13.4. The van der Waals surface area contributed by atoms with E-state index in [9.17, 15) is 8.78 Å². The van der Waals surface area contributed by atoms with Gasteiger partial charge in [-0.25, -0.2) is 4.99 Å². The summed E-state index contributed by atoms with van der Waals surface area (Å²) in [5.74, 6) is 0.683. The van der Waals surface area contributed by atoms with Gasteiger partial charge in [-0.2, -0.15) is 8.78 Å². The van der Waals surface area contributed by atoms with Gasteiger partial charge in [0, 0.05) is 31.4 Å². The van der Waals surface area contributed by atoms with Crippen LogP contribution in [0.2, 0.25) is 0 Å². The van der Waals surface area contributed by atoms with Gasteiger partial charge < -0.3 is 25.3 Å². The van der Waals surface area contributed by atoms with Gasteiger partial charge >= 0.3 is 6.61 Å². The number of methoxy groups -OCH3 is 1. The third kappa shape index (κ3) is 7.64. The van der Waals surface area contributed by atoms with Crippen molar-refractivity contribution in [1.29, 1.82) is 0 Å². The second-order valence-electron chi connectivity index (χ2n) is 4.53. The highest BCUT2D eigenvalue weighted by atomic mass is 19.3. The van der Waals surface area contributed by atoms with E-state index in [0.717, 1.165) is 6.42 Å². The zero-order valence-electron chi connectivity index (χ0n) is 13.4. The highest BCUT2D eigenvalue weighted by molar-refractivity contribution is 5.77. The van der Waals surface area contributed by atoms with Gasteiger partial charge in [-0.1, -0.05) is 0 Å². The Morgan fingerprint density at radius 1 is 1.39 bits per heavy atom. The molecule has 0 aromatic heterocycles. The first-order valence-electron chi connectivity index (χ1n) is 7.30. The third-order valence-corrected chi connectivity index (χ3v) is 2.89. The van der Waals surface area contributed by atoms with Crippen LogP contribution in [0.5, 0.6) is 11.5 Å². The molecule has 6 nitrogen and oxygen atoms in total. The molecule has 8 heteroatoms. The molecule has 0 spiro atoms. The van der Waals surface area contributed by atoms with Crippen LogP contribution in [-0.2, 0) is 11.3 Å². The molecule has 0 aliphatic carbocycles. The monoisotopic (exact) mass is 331 g/mol. The Morgan fingerprint density at radius 2 is 2.17 bits per heavy atom. The van der Waals surface area contributed by atoms with Crippen molar-refractivity contribution < 1.29 is 23.0 Å². The highest BCUT2D eigenvalue weighted by Crippen LogP contribution is 2.26. The third-order valence-electron chi connectivity index (χ3n) is 2.89. The van der Waals surface area contributed by atoms with Gasteiger partial charge in [-0.3, -0.25) is 0 Å². The molecule has 0 heterocycles. The standard InChI is InChI=1S/C15H23F2N3O3/c1-3-22-8-4-7-19-15(18)20-10-11-5-6-12(21-2)9-13(11)23-14(16)17/h5-6,9,14H,3-4,7-8,10H2,1-2H3,(H3,18,19,20). The minimum absolute atomic E-state index is 0.0206. The number of ether oxygens (including phenoxy) is 3. The smallest absolute Gasteiger partial charge is 0.387 e. The van der Waals surface area contributed by atoms with Crippen molar-refractivity contribution in [2.24, 2.45) is 10.7 Å². The predicted molar refractivity (Wildman–Crippen MR) is 84.1 cm³/mol. The SMILES string of the molecule is CCOCCCNC(N)=NCc1ccc(OC)cc1OC(F)F. The number of halogens is 2. The fraction of sp³-hybridized carbons (Fsp3) is 0.533. The second-order valence-corrected chi connectivity index (χ2v) is 4.53. The molecule has 0 saturated heterocycles. The Labute approximate surface area is 134 Å². The van der Waals surface area contributed by atoms with Crippen LogP contribution in [0.15, 0.2) is 23.2 Å². The lowest BCUT2D eigenvalue weighted by molar-refractivity contribution is -0.0505. The summed E-state index contributed by atoms with van der Waals surface area (Å²) in [6.45, 7) is 1.07. The van der Waals surface area contributed by atoms with E-state index in [1.54, 1.807) is 12.1 Å². The van der Waals surface area contributed by atoms with Crippen LogP contribution >= 0.6 is 0 Å². The summed E-state index contributed by atoms with van der Waals surface area (Å²) in [4.78, 5) is 4.11. The average Bonchev–Trinajstić information content (AvgIpc) is 2.52. The number of nitrogens with one attached hydrogen (secondary N) is 1. The molecule has 0 aliphatic heterocycles. The van der Waals surface area contributed by atoms with Crippen molar-refractivity contribution in [2.75, 3.05) is 26.9 Å². The van der Waals surface area contributed by atoms with Crippen molar-refractivity contribution in [2.45, 2.75) is 26.5 Å². The number of hydrogen-bond acceptors (Lipinski definition) is 4. The van der Waals surface area contributed by atoms with E-state index in [1.165, 1.54) is 13.2 Å². The van der Waals surface area contributed by atoms with E-state index in [1.807, 2.05) is 6.92 Å². The number of aliphatic imine (C=N–C) groups is 1. The molecule has 0 bridgehead atoms. The normalized spacial score (nSPS) is 11.6. The molecule has 23 heavy (non-hydrogen) atoms. The predicted octanol–water partition coefficient (Wildman–Crippen LogP) is 2.13. The number of guanidine groups is 1. The van der Waals surface area contributed by atoms with Crippen molar-refractivity contribution in [3.8, 4) is 11.5 Å². The summed E-state index contributed by atoms with van der Waals surface area (Å²) in [5.41, 5.74) is 6.22. The van der Waals surface area contributed by atoms with Crippen molar-refractivity contribution >= 4 is 5.96 Å². The Morgan fingerprint density at radius 3 is 2.83 bits per heavy atom. The lowest BCUT2D eigenvalue weighted by Crippen LogP contribution is -2.32. The highest BCUT2D eigenvalue weighted by Gasteiger charge is 2.11. The molecular formula is C15H23F2N3O3. The van der Waals surface area contributed by atoms with Gasteiger partial charge in [0.1, 0.15) is 11.5 Å². The van der Waals surface area contributed by atoms with Crippen LogP contribution in [0, 0.1) is 0 Å². The minimum Gasteiger partial charge on any atom is -0.497 e. The molecule has 1 aromatic carbocycles. The van der Waals surface area contributed by atoms with E-state index in [-0.39, 0.29) is 18.3 Å². The molecule has 0 saturated carbocycles. The number of nitrogens with two attached hydrogens (primary N) is 1. The maximum absolute atomic E-state index is 12.5. The first-order valence-corrected chi connectivity index (χ1v) is 7.30. The number of benzene rings is 1. The van der Waals surface area contributed by atoms with E-state index >= 15 is 0 Å². The van der Waals surface area contributed by atoms with E-state index in [4.69, 9.17) is 15.2 Å². The molecule has 130 valence electrons. The molecule has 1 rings (SSSR count). The van der Waals surface area contributed by atoms with Gasteiger partial charge in [0.2, 0.25) is 0 Å². The summed E-state index contributed by atoms with van der Waals surface area (Å²) in [6, 6.07) is 4.65. The first kappa shape index (κ1) is 19.0.